The molecule has 0 unspecified atom stereocenters. The molecular weight excluding hydrogens is 443 g/mol. The van der Waals surface area contributed by atoms with E-state index in [1.807, 2.05) is 24.3 Å². The first-order valence-electron chi connectivity index (χ1n) is 9.28. The number of hydrogen-bond donors (Lipinski definition) is 1. The van der Waals surface area contributed by atoms with Gasteiger partial charge in [0.1, 0.15) is 0 Å². The van der Waals surface area contributed by atoms with Crippen molar-refractivity contribution in [2.45, 2.75) is 17.9 Å². The summed E-state index contributed by atoms with van der Waals surface area (Å²) in [5.41, 5.74) is 2.89. The van der Waals surface area contributed by atoms with Gasteiger partial charge in [-0.25, -0.2) is 8.42 Å². The third-order valence-corrected chi connectivity index (χ3v) is 7.73. The van der Waals surface area contributed by atoms with Crippen LogP contribution < -0.4 is 5.32 Å². The second-order valence-electron chi connectivity index (χ2n) is 6.94. The van der Waals surface area contributed by atoms with Crippen molar-refractivity contribution in [2.24, 2.45) is 0 Å². The number of carbonyl (C=O) groups excluding carboxylic acids is 1. The molecule has 0 radical (unpaired) electrons. The molecule has 0 aliphatic carbocycles. The second kappa shape index (κ2) is 8.40. The van der Waals surface area contributed by atoms with Crippen molar-refractivity contribution in [1.82, 2.24) is 4.31 Å². The number of halogens is 2. The van der Waals surface area contributed by atoms with Gasteiger partial charge in [0.05, 0.1) is 20.6 Å². The molecule has 1 heterocycles. The third-order valence-electron chi connectivity index (χ3n) is 5.05. The Bertz CT molecular complexity index is 1210. The molecule has 154 valence electrons. The van der Waals surface area contributed by atoms with Gasteiger partial charge in [-0.05, 0) is 53.9 Å². The fourth-order valence-corrected chi connectivity index (χ4v) is 5.16. The van der Waals surface area contributed by atoms with Crippen LogP contribution in [0.1, 0.15) is 21.5 Å². The number of amides is 1. The first kappa shape index (κ1) is 20.9. The highest BCUT2D eigenvalue weighted by Crippen LogP contribution is 2.30. The highest BCUT2D eigenvalue weighted by Gasteiger charge is 2.28. The molecule has 1 N–H and O–H groups in total. The van der Waals surface area contributed by atoms with Gasteiger partial charge in [-0.15, -0.1) is 0 Å². The van der Waals surface area contributed by atoms with Crippen LogP contribution in [0.4, 0.5) is 5.69 Å². The number of fused-ring (bicyclic) bond motifs is 1. The standard InChI is InChI=1S/C22H18Cl2N2O3S/c23-19-6-3-7-20(21(19)24)25-22(27)16-8-10-18(11-9-16)30(28,29)26-13-12-15-4-1-2-5-17(15)14-26/h1-11H,12-14H2,(H,25,27). The molecule has 0 bridgehead atoms. The highest BCUT2D eigenvalue weighted by atomic mass is 35.5. The van der Waals surface area contributed by atoms with E-state index in [2.05, 4.69) is 5.32 Å². The number of rotatable bonds is 4. The topological polar surface area (TPSA) is 66.5 Å². The third kappa shape index (κ3) is 4.09. The van der Waals surface area contributed by atoms with Gasteiger partial charge in [-0.2, -0.15) is 4.31 Å². The monoisotopic (exact) mass is 460 g/mol. The van der Waals surface area contributed by atoms with Gasteiger partial charge >= 0.3 is 0 Å². The van der Waals surface area contributed by atoms with Crippen molar-refractivity contribution in [1.29, 1.82) is 0 Å². The Morgan fingerprint density at radius 3 is 2.33 bits per heavy atom. The zero-order valence-corrected chi connectivity index (χ0v) is 18.1. The first-order chi connectivity index (χ1) is 14.4. The second-order valence-corrected chi connectivity index (χ2v) is 9.66. The number of sulfonamides is 1. The Labute approximate surface area is 185 Å². The number of carbonyl (C=O) groups is 1. The zero-order valence-electron chi connectivity index (χ0n) is 15.8. The number of nitrogens with one attached hydrogen (secondary N) is 1. The fourth-order valence-electron chi connectivity index (χ4n) is 3.40. The molecule has 0 aromatic heterocycles. The van der Waals surface area contributed by atoms with E-state index in [0.29, 0.717) is 35.8 Å². The van der Waals surface area contributed by atoms with Crippen molar-refractivity contribution in [3.8, 4) is 0 Å². The van der Waals surface area contributed by atoms with E-state index in [-0.39, 0.29) is 9.92 Å². The lowest BCUT2D eigenvalue weighted by Crippen LogP contribution is -2.35. The van der Waals surface area contributed by atoms with Crippen LogP contribution in [-0.2, 0) is 23.0 Å². The molecule has 8 heteroatoms. The van der Waals surface area contributed by atoms with Crippen LogP contribution >= 0.6 is 23.2 Å². The summed E-state index contributed by atoms with van der Waals surface area (Å²) in [5, 5.41) is 3.26. The van der Waals surface area contributed by atoms with Crippen LogP contribution in [0.5, 0.6) is 0 Å². The molecule has 5 nitrogen and oxygen atoms in total. The zero-order chi connectivity index (χ0) is 21.3. The van der Waals surface area contributed by atoms with Gasteiger partial charge in [0.2, 0.25) is 10.0 Å². The lowest BCUT2D eigenvalue weighted by molar-refractivity contribution is 0.102. The van der Waals surface area contributed by atoms with Crippen LogP contribution in [0.3, 0.4) is 0 Å². The van der Waals surface area contributed by atoms with E-state index in [0.717, 1.165) is 5.56 Å². The molecular formula is C22H18Cl2N2O3S. The van der Waals surface area contributed by atoms with Gasteiger partial charge in [-0.3, -0.25) is 4.79 Å². The summed E-state index contributed by atoms with van der Waals surface area (Å²) in [4.78, 5) is 12.7. The molecule has 0 spiro atoms. The summed E-state index contributed by atoms with van der Waals surface area (Å²) in [6.45, 7) is 0.767. The minimum absolute atomic E-state index is 0.152. The predicted molar refractivity (Wildman–Crippen MR) is 119 cm³/mol. The van der Waals surface area contributed by atoms with Crippen molar-refractivity contribution in [2.75, 3.05) is 11.9 Å². The highest BCUT2D eigenvalue weighted by molar-refractivity contribution is 7.89. The maximum atomic E-state index is 13.0. The predicted octanol–water partition coefficient (Wildman–Crippen LogP) is 4.99. The Hall–Kier alpha value is -2.38. The van der Waals surface area contributed by atoms with Crippen LogP contribution in [0.25, 0.3) is 0 Å². The van der Waals surface area contributed by atoms with Gasteiger partial charge in [-0.1, -0.05) is 53.5 Å². The molecule has 1 aliphatic rings. The van der Waals surface area contributed by atoms with E-state index in [1.165, 1.54) is 34.1 Å². The van der Waals surface area contributed by atoms with Crippen molar-refractivity contribution >= 4 is 44.8 Å². The van der Waals surface area contributed by atoms with Gasteiger partial charge in [0.25, 0.3) is 5.91 Å². The van der Waals surface area contributed by atoms with E-state index < -0.39 is 15.9 Å². The Morgan fingerprint density at radius 2 is 1.60 bits per heavy atom. The maximum absolute atomic E-state index is 13.0. The lowest BCUT2D eigenvalue weighted by atomic mass is 10.0. The van der Waals surface area contributed by atoms with E-state index >= 15 is 0 Å². The molecule has 0 saturated heterocycles. The van der Waals surface area contributed by atoms with Gasteiger partial charge in [0, 0.05) is 18.7 Å². The summed E-state index contributed by atoms with van der Waals surface area (Å²) in [6.07, 6.45) is 0.677. The molecule has 3 aromatic rings. The molecule has 1 aliphatic heterocycles. The number of nitrogens with zero attached hydrogens (tertiary/aromatic N) is 1. The minimum Gasteiger partial charge on any atom is -0.321 e. The summed E-state index contributed by atoms with van der Waals surface area (Å²) in [6, 6.07) is 18.7. The number of hydrogen-bond acceptors (Lipinski definition) is 3. The first-order valence-corrected chi connectivity index (χ1v) is 11.5. The van der Waals surface area contributed by atoms with E-state index in [1.54, 1.807) is 18.2 Å². The van der Waals surface area contributed by atoms with E-state index in [9.17, 15) is 13.2 Å². The molecule has 1 amide bonds. The molecule has 30 heavy (non-hydrogen) atoms. The van der Waals surface area contributed by atoms with Crippen LogP contribution in [0.2, 0.25) is 10.0 Å². The summed E-state index contributed by atoms with van der Waals surface area (Å²) in [7, 11) is -3.66. The fraction of sp³-hybridized carbons (Fsp3) is 0.136. The molecule has 0 fully saturated rings. The van der Waals surface area contributed by atoms with Crippen LogP contribution in [0.15, 0.2) is 71.6 Å². The van der Waals surface area contributed by atoms with Gasteiger partial charge < -0.3 is 5.32 Å². The quantitative estimate of drug-likeness (QED) is 0.595. The molecule has 3 aromatic carbocycles. The summed E-state index contributed by atoms with van der Waals surface area (Å²) in [5.74, 6) is -0.407. The van der Waals surface area contributed by atoms with Crippen molar-refractivity contribution < 1.29 is 13.2 Å². The lowest BCUT2D eigenvalue weighted by Gasteiger charge is -2.28. The van der Waals surface area contributed by atoms with Gasteiger partial charge in [0.15, 0.2) is 0 Å². The van der Waals surface area contributed by atoms with Crippen molar-refractivity contribution in [3.05, 3.63) is 93.5 Å². The Kier molecular flexibility index (Phi) is 5.84. The minimum atomic E-state index is -3.66. The van der Waals surface area contributed by atoms with Crippen LogP contribution in [-0.4, -0.2) is 25.2 Å². The molecule has 4 rings (SSSR count). The Morgan fingerprint density at radius 1 is 0.900 bits per heavy atom. The average molecular weight is 461 g/mol. The summed E-state index contributed by atoms with van der Waals surface area (Å²) < 4.78 is 27.6. The Balaban J connectivity index is 1.51. The SMILES string of the molecule is O=C(Nc1cccc(Cl)c1Cl)c1ccc(S(=O)(=O)N2CCc3ccccc3C2)cc1. The smallest absolute Gasteiger partial charge is 0.255 e. The normalized spacial score (nSPS) is 14.2. The average Bonchev–Trinajstić information content (AvgIpc) is 2.76. The van der Waals surface area contributed by atoms with E-state index in [4.69, 9.17) is 23.2 Å². The summed E-state index contributed by atoms with van der Waals surface area (Å²) >= 11 is 12.1. The number of anilines is 1. The molecule has 0 atom stereocenters. The molecule has 0 saturated carbocycles. The largest absolute Gasteiger partial charge is 0.321 e. The van der Waals surface area contributed by atoms with Crippen LogP contribution in [0, 0.1) is 0 Å². The number of benzene rings is 3. The van der Waals surface area contributed by atoms with Crippen molar-refractivity contribution in [3.63, 3.8) is 0 Å². The maximum Gasteiger partial charge on any atom is 0.255 e.